The van der Waals surface area contributed by atoms with Gasteiger partial charge in [-0.05, 0) is 43.0 Å². The summed E-state index contributed by atoms with van der Waals surface area (Å²) in [7, 11) is 4.04. The number of ether oxygens (including phenoxy) is 1. The number of nitrogens with zero attached hydrogens (tertiary/aromatic N) is 4. The van der Waals surface area contributed by atoms with Crippen LogP contribution < -0.4 is 4.90 Å². The van der Waals surface area contributed by atoms with Crippen molar-refractivity contribution in [2.24, 2.45) is 0 Å². The van der Waals surface area contributed by atoms with Crippen LogP contribution in [0.3, 0.4) is 0 Å². The molecule has 0 saturated carbocycles. The van der Waals surface area contributed by atoms with Crippen LogP contribution in [0.25, 0.3) is 5.69 Å². The number of halogens is 1. The van der Waals surface area contributed by atoms with Gasteiger partial charge in [-0.1, -0.05) is 55.8 Å². The van der Waals surface area contributed by atoms with Gasteiger partial charge in [-0.2, -0.15) is 5.10 Å². The van der Waals surface area contributed by atoms with E-state index in [-0.39, 0.29) is 17.9 Å². The Morgan fingerprint density at radius 3 is 2.47 bits per heavy atom. The predicted octanol–water partition coefficient (Wildman–Crippen LogP) is 5.54. The topological polar surface area (TPSA) is 50.6 Å². The Morgan fingerprint density at radius 1 is 1.15 bits per heavy atom. The lowest BCUT2D eigenvalue weighted by atomic mass is 10.0. The number of hydrogen-bond donors (Lipinski definition) is 0. The SMILES string of the molecule is CC(C)c1nn(-c2ccccc2)c(N(C)C)c1CN(C[C@H]1CCCO1)C(=O)c1ccccc1Cl. The fourth-order valence-electron chi connectivity index (χ4n) is 4.53. The number of amides is 1. The van der Waals surface area contributed by atoms with E-state index in [1.807, 2.05) is 66.1 Å². The molecule has 0 bridgehead atoms. The van der Waals surface area contributed by atoms with E-state index in [2.05, 4.69) is 18.7 Å². The molecule has 6 nitrogen and oxygen atoms in total. The molecule has 1 saturated heterocycles. The second kappa shape index (κ2) is 10.6. The van der Waals surface area contributed by atoms with Crippen LogP contribution in [0.1, 0.15) is 54.2 Å². The molecule has 0 N–H and O–H groups in total. The van der Waals surface area contributed by atoms with Gasteiger partial charge in [0.25, 0.3) is 5.91 Å². The largest absolute Gasteiger partial charge is 0.376 e. The van der Waals surface area contributed by atoms with Gasteiger partial charge in [-0.15, -0.1) is 0 Å². The summed E-state index contributed by atoms with van der Waals surface area (Å²) in [5.41, 5.74) is 3.52. The number of hydrogen-bond acceptors (Lipinski definition) is 4. The molecule has 1 atom stereocenters. The van der Waals surface area contributed by atoms with Gasteiger partial charge in [0.05, 0.1) is 34.6 Å². The van der Waals surface area contributed by atoms with E-state index >= 15 is 0 Å². The molecule has 4 rings (SSSR count). The first-order valence-electron chi connectivity index (χ1n) is 11.9. The predicted molar refractivity (Wildman–Crippen MR) is 137 cm³/mol. The molecule has 3 aromatic rings. The van der Waals surface area contributed by atoms with Crippen molar-refractivity contribution < 1.29 is 9.53 Å². The van der Waals surface area contributed by atoms with Crippen LogP contribution in [-0.4, -0.2) is 53.9 Å². The average Bonchev–Trinajstić information content (AvgIpc) is 3.47. The molecular weight excluding hydrogens is 448 g/mol. The zero-order valence-electron chi connectivity index (χ0n) is 20.4. The number of anilines is 1. The van der Waals surface area contributed by atoms with E-state index in [1.54, 1.807) is 12.1 Å². The van der Waals surface area contributed by atoms with Gasteiger partial charge in [0, 0.05) is 32.8 Å². The zero-order chi connectivity index (χ0) is 24.2. The molecule has 0 radical (unpaired) electrons. The Morgan fingerprint density at radius 2 is 1.85 bits per heavy atom. The van der Waals surface area contributed by atoms with Gasteiger partial charge in [0.2, 0.25) is 0 Å². The molecule has 1 aliphatic heterocycles. The Hall–Kier alpha value is -2.83. The van der Waals surface area contributed by atoms with Crippen LogP contribution >= 0.6 is 11.6 Å². The maximum Gasteiger partial charge on any atom is 0.255 e. The quantitative estimate of drug-likeness (QED) is 0.425. The molecule has 180 valence electrons. The molecule has 1 amide bonds. The van der Waals surface area contributed by atoms with Crippen LogP contribution in [0.4, 0.5) is 5.82 Å². The Labute approximate surface area is 207 Å². The lowest BCUT2D eigenvalue weighted by molar-refractivity contribution is 0.0507. The van der Waals surface area contributed by atoms with Gasteiger partial charge < -0.3 is 14.5 Å². The number of rotatable bonds is 8. The number of para-hydroxylation sites is 1. The summed E-state index contributed by atoms with van der Waals surface area (Å²) in [5, 5.41) is 5.48. The van der Waals surface area contributed by atoms with E-state index in [4.69, 9.17) is 21.4 Å². The van der Waals surface area contributed by atoms with Crippen molar-refractivity contribution >= 4 is 23.3 Å². The lowest BCUT2D eigenvalue weighted by Crippen LogP contribution is -2.37. The van der Waals surface area contributed by atoms with E-state index < -0.39 is 0 Å². The lowest BCUT2D eigenvalue weighted by Gasteiger charge is -2.28. The van der Waals surface area contributed by atoms with Crippen molar-refractivity contribution in [1.29, 1.82) is 0 Å². The second-order valence-corrected chi connectivity index (χ2v) is 9.69. The molecule has 7 heteroatoms. The molecule has 0 spiro atoms. The summed E-state index contributed by atoms with van der Waals surface area (Å²) in [6, 6.07) is 17.4. The summed E-state index contributed by atoms with van der Waals surface area (Å²) in [6.45, 7) is 5.97. The molecular formula is C27H33ClN4O2. The fourth-order valence-corrected chi connectivity index (χ4v) is 4.75. The van der Waals surface area contributed by atoms with Crippen molar-refractivity contribution in [3.8, 4) is 5.69 Å². The van der Waals surface area contributed by atoms with Gasteiger partial charge in [0.1, 0.15) is 5.82 Å². The third kappa shape index (κ3) is 5.13. The van der Waals surface area contributed by atoms with Crippen LogP contribution in [0.2, 0.25) is 5.02 Å². The van der Waals surface area contributed by atoms with E-state index in [0.29, 0.717) is 23.7 Å². The standard InChI is InChI=1S/C27H33ClN4O2/c1-19(2)25-23(26(30(3)4)32(29-25)20-11-6-5-7-12-20)18-31(17-21-13-10-16-34-21)27(33)22-14-8-9-15-24(22)28/h5-9,11-12,14-15,19,21H,10,13,16-18H2,1-4H3/t21-/m1/s1. The van der Waals surface area contributed by atoms with Crippen molar-refractivity contribution in [3.05, 3.63) is 76.4 Å². The van der Waals surface area contributed by atoms with Crippen LogP contribution in [0.15, 0.2) is 54.6 Å². The Kier molecular flexibility index (Phi) is 7.59. The second-order valence-electron chi connectivity index (χ2n) is 9.28. The molecule has 34 heavy (non-hydrogen) atoms. The zero-order valence-corrected chi connectivity index (χ0v) is 21.1. The van der Waals surface area contributed by atoms with Crippen LogP contribution in [0.5, 0.6) is 0 Å². The Bertz CT molecular complexity index is 1120. The maximum absolute atomic E-state index is 13.7. The third-order valence-electron chi connectivity index (χ3n) is 6.15. The summed E-state index contributed by atoms with van der Waals surface area (Å²) in [6.07, 6.45) is 2.00. The molecule has 1 aromatic heterocycles. The van der Waals surface area contributed by atoms with Crippen molar-refractivity contribution in [2.75, 3.05) is 32.1 Å². The highest BCUT2D eigenvalue weighted by molar-refractivity contribution is 6.33. The third-order valence-corrected chi connectivity index (χ3v) is 6.48. The summed E-state index contributed by atoms with van der Waals surface area (Å²) >= 11 is 6.43. The molecule has 1 fully saturated rings. The first-order chi connectivity index (χ1) is 16.4. The summed E-state index contributed by atoms with van der Waals surface area (Å²) < 4.78 is 7.89. The molecule has 2 heterocycles. The van der Waals surface area contributed by atoms with E-state index in [0.717, 1.165) is 42.2 Å². The average molecular weight is 481 g/mol. The van der Waals surface area contributed by atoms with Crippen molar-refractivity contribution in [1.82, 2.24) is 14.7 Å². The number of carbonyl (C=O) groups is 1. The van der Waals surface area contributed by atoms with E-state index in [9.17, 15) is 4.79 Å². The fraction of sp³-hybridized carbons (Fsp3) is 0.407. The highest BCUT2D eigenvalue weighted by atomic mass is 35.5. The summed E-state index contributed by atoms with van der Waals surface area (Å²) in [5.74, 6) is 1.07. The van der Waals surface area contributed by atoms with Gasteiger partial charge in [-0.25, -0.2) is 4.68 Å². The van der Waals surface area contributed by atoms with Crippen LogP contribution in [0, 0.1) is 0 Å². The number of aromatic nitrogens is 2. The smallest absolute Gasteiger partial charge is 0.255 e. The van der Waals surface area contributed by atoms with Gasteiger partial charge in [-0.3, -0.25) is 4.79 Å². The van der Waals surface area contributed by atoms with Crippen LogP contribution in [-0.2, 0) is 11.3 Å². The minimum absolute atomic E-state index is 0.0286. The van der Waals surface area contributed by atoms with Gasteiger partial charge >= 0.3 is 0 Å². The van der Waals surface area contributed by atoms with Crippen molar-refractivity contribution in [3.63, 3.8) is 0 Å². The highest BCUT2D eigenvalue weighted by Crippen LogP contribution is 2.32. The molecule has 0 aliphatic carbocycles. The maximum atomic E-state index is 13.7. The minimum Gasteiger partial charge on any atom is -0.376 e. The van der Waals surface area contributed by atoms with Crippen molar-refractivity contribution in [2.45, 2.75) is 45.3 Å². The summed E-state index contributed by atoms with van der Waals surface area (Å²) in [4.78, 5) is 17.7. The van der Waals surface area contributed by atoms with E-state index in [1.165, 1.54) is 0 Å². The molecule has 0 unspecified atom stereocenters. The van der Waals surface area contributed by atoms with Gasteiger partial charge in [0.15, 0.2) is 0 Å². The highest BCUT2D eigenvalue weighted by Gasteiger charge is 2.29. The number of benzene rings is 2. The monoisotopic (exact) mass is 480 g/mol. The first-order valence-corrected chi connectivity index (χ1v) is 12.2. The normalized spacial score (nSPS) is 15.6. The number of carbonyl (C=O) groups excluding carboxylic acids is 1. The first kappa shape index (κ1) is 24.3. The molecule has 2 aromatic carbocycles. The minimum atomic E-state index is -0.0898. The Balaban J connectivity index is 1.79. The molecule has 1 aliphatic rings.